The fraction of sp³-hybridized carbons (Fsp3) is 0.611. The SMILES string of the molecule is CCN(Cc1ccc(Cl)c(Cl)c1)C(=O)CC1CC2CCC(C1)N2.Cl. The molecule has 0 aromatic heterocycles. The largest absolute Gasteiger partial charge is 0.339 e. The molecule has 0 saturated carbocycles. The molecular weight excluding hydrogens is 367 g/mol. The molecule has 6 heteroatoms. The van der Waals surface area contributed by atoms with Crippen molar-refractivity contribution in [3.05, 3.63) is 33.8 Å². The molecule has 0 aliphatic carbocycles. The van der Waals surface area contributed by atoms with Crippen molar-refractivity contribution in [1.29, 1.82) is 0 Å². The van der Waals surface area contributed by atoms with Crippen LogP contribution in [0.3, 0.4) is 0 Å². The standard InChI is InChI=1S/C18H24Cl2N2O.ClH/c1-2-22(11-12-3-6-16(19)17(20)9-12)18(23)10-13-7-14-4-5-15(8-13)21-14;/h3,6,9,13-15,21H,2,4-5,7-8,10-11H2,1H3;1H. The average Bonchev–Trinajstić information content (AvgIpc) is 2.87. The van der Waals surface area contributed by atoms with Gasteiger partial charge in [-0.05, 0) is 56.2 Å². The van der Waals surface area contributed by atoms with Crippen LogP contribution in [0.25, 0.3) is 0 Å². The van der Waals surface area contributed by atoms with E-state index in [1.165, 1.54) is 12.8 Å². The van der Waals surface area contributed by atoms with E-state index in [2.05, 4.69) is 5.32 Å². The lowest BCUT2D eigenvalue weighted by Crippen LogP contribution is -2.40. The van der Waals surface area contributed by atoms with Crippen LogP contribution >= 0.6 is 35.6 Å². The first-order chi connectivity index (χ1) is 11.0. The summed E-state index contributed by atoms with van der Waals surface area (Å²) in [6.45, 7) is 3.35. The van der Waals surface area contributed by atoms with E-state index < -0.39 is 0 Å². The van der Waals surface area contributed by atoms with Crippen LogP contribution in [0.15, 0.2) is 18.2 Å². The van der Waals surface area contributed by atoms with Gasteiger partial charge in [0.05, 0.1) is 10.0 Å². The van der Waals surface area contributed by atoms with Gasteiger partial charge in [-0.1, -0.05) is 29.3 Å². The summed E-state index contributed by atoms with van der Waals surface area (Å²) in [5, 5.41) is 4.73. The Balaban J connectivity index is 0.00000208. The van der Waals surface area contributed by atoms with Crippen LogP contribution < -0.4 is 5.32 Å². The molecule has 2 aliphatic heterocycles. The summed E-state index contributed by atoms with van der Waals surface area (Å²) in [4.78, 5) is 14.6. The molecule has 1 aromatic rings. The third kappa shape index (κ3) is 4.78. The summed E-state index contributed by atoms with van der Waals surface area (Å²) in [5.41, 5.74) is 1.03. The van der Waals surface area contributed by atoms with Crippen molar-refractivity contribution in [1.82, 2.24) is 10.2 Å². The Kier molecular flexibility index (Phi) is 7.23. The number of carbonyl (C=O) groups is 1. The average molecular weight is 392 g/mol. The maximum Gasteiger partial charge on any atom is 0.223 e. The van der Waals surface area contributed by atoms with Gasteiger partial charge in [-0.3, -0.25) is 4.79 Å². The van der Waals surface area contributed by atoms with Gasteiger partial charge in [0.1, 0.15) is 0 Å². The Morgan fingerprint density at radius 1 is 1.21 bits per heavy atom. The highest BCUT2D eigenvalue weighted by Gasteiger charge is 2.34. The van der Waals surface area contributed by atoms with Gasteiger partial charge in [-0.25, -0.2) is 0 Å². The third-order valence-electron chi connectivity index (χ3n) is 5.13. The number of hydrogen-bond acceptors (Lipinski definition) is 2. The molecule has 2 saturated heterocycles. The van der Waals surface area contributed by atoms with Gasteiger partial charge in [-0.15, -0.1) is 12.4 Å². The van der Waals surface area contributed by atoms with Crippen LogP contribution in [-0.4, -0.2) is 29.4 Å². The number of benzene rings is 1. The maximum absolute atomic E-state index is 12.7. The zero-order valence-electron chi connectivity index (χ0n) is 13.9. The molecule has 0 spiro atoms. The molecule has 2 aliphatic rings. The van der Waals surface area contributed by atoms with E-state index in [-0.39, 0.29) is 18.3 Å². The molecule has 2 bridgehead atoms. The van der Waals surface area contributed by atoms with Gasteiger partial charge in [0.2, 0.25) is 5.91 Å². The number of halogens is 3. The van der Waals surface area contributed by atoms with Crippen molar-refractivity contribution >= 4 is 41.5 Å². The molecule has 3 rings (SSSR count). The topological polar surface area (TPSA) is 32.3 Å². The molecule has 3 nitrogen and oxygen atoms in total. The molecule has 0 radical (unpaired) electrons. The maximum atomic E-state index is 12.7. The zero-order chi connectivity index (χ0) is 16.4. The molecule has 1 N–H and O–H groups in total. The van der Waals surface area contributed by atoms with E-state index in [9.17, 15) is 4.79 Å². The van der Waals surface area contributed by atoms with Crippen LogP contribution in [0.4, 0.5) is 0 Å². The van der Waals surface area contributed by atoms with Crippen molar-refractivity contribution in [2.75, 3.05) is 6.54 Å². The number of carbonyl (C=O) groups excluding carboxylic acids is 1. The van der Waals surface area contributed by atoms with Crippen LogP contribution in [0.1, 0.15) is 44.6 Å². The monoisotopic (exact) mass is 390 g/mol. The number of piperidine rings is 1. The molecule has 2 fully saturated rings. The predicted molar refractivity (Wildman–Crippen MR) is 102 cm³/mol. The van der Waals surface area contributed by atoms with Crippen LogP contribution in [0, 0.1) is 5.92 Å². The highest BCUT2D eigenvalue weighted by molar-refractivity contribution is 6.42. The normalized spacial score (nSPS) is 25.2. The first kappa shape index (κ1) is 19.8. The molecule has 1 amide bonds. The minimum Gasteiger partial charge on any atom is -0.339 e. The van der Waals surface area contributed by atoms with Crippen molar-refractivity contribution in [3.63, 3.8) is 0 Å². The van der Waals surface area contributed by atoms with Gasteiger partial charge in [0, 0.05) is 31.6 Å². The Morgan fingerprint density at radius 2 is 1.88 bits per heavy atom. The van der Waals surface area contributed by atoms with Gasteiger partial charge in [0.15, 0.2) is 0 Å². The minimum atomic E-state index is 0. The van der Waals surface area contributed by atoms with Gasteiger partial charge in [0.25, 0.3) is 0 Å². The fourth-order valence-electron chi connectivity index (χ4n) is 3.95. The molecule has 24 heavy (non-hydrogen) atoms. The Hall–Kier alpha value is -0.480. The predicted octanol–water partition coefficient (Wildman–Crippen LogP) is 4.68. The summed E-state index contributed by atoms with van der Waals surface area (Å²) >= 11 is 12.0. The van der Waals surface area contributed by atoms with E-state index in [0.29, 0.717) is 41.0 Å². The summed E-state index contributed by atoms with van der Waals surface area (Å²) in [7, 11) is 0. The fourth-order valence-corrected chi connectivity index (χ4v) is 4.27. The second kappa shape index (κ2) is 8.75. The van der Waals surface area contributed by atoms with E-state index in [1.807, 2.05) is 24.0 Å². The summed E-state index contributed by atoms with van der Waals surface area (Å²) < 4.78 is 0. The van der Waals surface area contributed by atoms with Gasteiger partial charge in [-0.2, -0.15) is 0 Å². The van der Waals surface area contributed by atoms with Gasteiger partial charge < -0.3 is 10.2 Å². The van der Waals surface area contributed by atoms with Gasteiger partial charge >= 0.3 is 0 Å². The number of hydrogen-bond donors (Lipinski definition) is 1. The Bertz CT molecular complexity index is 569. The molecule has 2 heterocycles. The van der Waals surface area contributed by atoms with Crippen LogP contribution in [-0.2, 0) is 11.3 Å². The quantitative estimate of drug-likeness (QED) is 0.790. The van der Waals surface area contributed by atoms with Crippen molar-refractivity contribution in [2.24, 2.45) is 5.92 Å². The summed E-state index contributed by atoms with van der Waals surface area (Å²) in [6, 6.07) is 6.86. The highest BCUT2D eigenvalue weighted by Crippen LogP contribution is 2.33. The van der Waals surface area contributed by atoms with E-state index >= 15 is 0 Å². The van der Waals surface area contributed by atoms with E-state index in [0.717, 1.165) is 24.9 Å². The van der Waals surface area contributed by atoms with Crippen molar-refractivity contribution in [2.45, 2.75) is 57.7 Å². The molecule has 134 valence electrons. The van der Waals surface area contributed by atoms with Crippen molar-refractivity contribution < 1.29 is 4.79 Å². The number of nitrogens with zero attached hydrogens (tertiary/aromatic N) is 1. The first-order valence-electron chi connectivity index (χ1n) is 8.53. The first-order valence-corrected chi connectivity index (χ1v) is 9.28. The minimum absolute atomic E-state index is 0. The lowest BCUT2D eigenvalue weighted by molar-refractivity contribution is -0.132. The molecule has 2 atom stereocenters. The lowest BCUT2D eigenvalue weighted by atomic mass is 9.89. The Labute approximate surface area is 160 Å². The molecule has 2 unspecified atom stereocenters. The summed E-state index contributed by atoms with van der Waals surface area (Å²) in [6.07, 6.45) is 5.51. The summed E-state index contributed by atoms with van der Waals surface area (Å²) in [5.74, 6) is 0.786. The number of rotatable bonds is 5. The van der Waals surface area contributed by atoms with Crippen molar-refractivity contribution in [3.8, 4) is 0 Å². The Morgan fingerprint density at radius 3 is 2.46 bits per heavy atom. The number of nitrogens with one attached hydrogen (secondary N) is 1. The second-order valence-electron chi connectivity index (χ2n) is 6.84. The number of fused-ring (bicyclic) bond motifs is 2. The molecule has 1 aromatic carbocycles. The highest BCUT2D eigenvalue weighted by atomic mass is 35.5. The van der Waals surface area contributed by atoms with E-state index in [4.69, 9.17) is 23.2 Å². The zero-order valence-corrected chi connectivity index (χ0v) is 16.3. The van der Waals surface area contributed by atoms with E-state index in [1.54, 1.807) is 6.07 Å². The smallest absolute Gasteiger partial charge is 0.223 e. The molecular formula is C18H25Cl3N2O. The third-order valence-corrected chi connectivity index (χ3v) is 5.86. The van der Waals surface area contributed by atoms with Crippen LogP contribution in [0.2, 0.25) is 10.0 Å². The van der Waals surface area contributed by atoms with Crippen LogP contribution in [0.5, 0.6) is 0 Å². The lowest BCUT2D eigenvalue weighted by Gasteiger charge is -2.30. The second-order valence-corrected chi connectivity index (χ2v) is 7.65. The number of amides is 1.